The lowest BCUT2D eigenvalue weighted by Crippen LogP contribution is -2.23. The molecule has 3 heterocycles. The van der Waals surface area contributed by atoms with Crippen molar-refractivity contribution >= 4 is 17.1 Å². The van der Waals surface area contributed by atoms with Crippen LogP contribution in [0.1, 0.15) is 46.7 Å². The fourth-order valence-electron chi connectivity index (χ4n) is 3.51. The Morgan fingerprint density at radius 1 is 1.23 bits per heavy atom. The number of rotatable bonds is 3. The maximum atomic E-state index is 13.3. The van der Waals surface area contributed by atoms with E-state index in [1.807, 2.05) is 6.92 Å². The average molecular weight is 352 g/mol. The topological polar surface area (TPSA) is 59.8 Å². The first-order valence-electron chi connectivity index (χ1n) is 9.01. The number of imidazole rings is 1. The first-order chi connectivity index (χ1) is 12.6. The summed E-state index contributed by atoms with van der Waals surface area (Å²) >= 11 is 0. The first-order valence-corrected chi connectivity index (χ1v) is 9.01. The fraction of sp³-hybridized carbons (Fsp3) is 0.350. The predicted molar refractivity (Wildman–Crippen MR) is 97.4 cm³/mol. The Balaban J connectivity index is 1.66. The third kappa shape index (κ3) is 3.19. The van der Waals surface area contributed by atoms with Gasteiger partial charge in [-0.1, -0.05) is 18.6 Å². The maximum Gasteiger partial charge on any atom is 0.253 e. The summed E-state index contributed by atoms with van der Waals surface area (Å²) < 4.78 is 15.5. The minimum atomic E-state index is -0.309. The molecule has 6 heteroatoms. The van der Waals surface area contributed by atoms with Crippen molar-refractivity contribution < 1.29 is 9.18 Å². The van der Waals surface area contributed by atoms with Crippen molar-refractivity contribution in [1.82, 2.24) is 19.9 Å². The number of nitrogens with one attached hydrogen (secondary N) is 1. The molecule has 0 unspecified atom stereocenters. The molecule has 1 amide bonds. The van der Waals surface area contributed by atoms with Crippen LogP contribution in [0.4, 0.5) is 4.39 Å². The number of amides is 1. The van der Waals surface area contributed by atoms with Crippen LogP contribution in [-0.2, 0) is 19.5 Å². The molecule has 1 aliphatic heterocycles. The van der Waals surface area contributed by atoms with Crippen LogP contribution in [0.15, 0.2) is 30.3 Å². The molecule has 0 saturated heterocycles. The van der Waals surface area contributed by atoms with Crippen LogP contribution >= 0.6 is 0 Å². The van der Waals surface area contributed by atoms with Gasteiger partial charge in [-0.25, -0.2) is 14.4 Å². The molecule has 4 rings (SSSR count). The number of nitrogens with zero attached hydrogens (tertiary/aromatic N) is 3. The van der Waals surface area contributed by atoms with Crippen LogP contribution in [0.25, 0.3) is 11.2 Å². The van der Waals surface area contributed by atoms with Crippen LogP contribution in [0.3, 0.4) is 0 Å². The van der Waals surface area contributed by atoms with E-state index in [0.29, 0.717) is 11.1 Å². The molecule has 5 nitrogen and oxygen atoms in total. The lowest BCUT2D eigenvalue weighted by atomic mass is 10.1. The number of pyridine rings is 1. The summed E-state index contributed by atoms with van der Waals surface area (Å²) in [6.45, 7) is 3.05. The number of fused-ring (bicyclic) bond motifs is 3. The van der Waals surface area contributed by atoms with E-state index in [4.69, 9.17) is 4.98 Å². The number of hydrogen-bond donors (Lipinski definition) is 1. The largest absolute Gasteiger partial charge is 0.348 e. The van der Waals surface area contributed by atoms with Gasteiger partial charge in [0.15, 0.2) is 5.65 Å². The lowest BCUT2D eigenvalue weighted by molar-refractivity contribution is 0.0952. The van der Waals surface area contributed by atoms with E-state index >= 15 is 0 Å². The molecule has 0 fully saturated rings. The Labute approximate surface area is 151 Å². The highest BCUT2D eigenvalue weighted by Gasteiger charge is 2.20. The molecule has 1 aliphatic rings. The van der Waals surface area contributed by atoms with Crippen LogP contribution in [0.5, 0.6) is 0 Å². The third-order valence-electron chi connectivity index (χ3n) is 4.78. The van der Waals surface area contributed by atoms with E-state index in [-0.39, 0.29) is 18.3 Å². The molecule has 0 bridgehead atoms. The molecule has 134 valence electrons. The summed E-state index contributed by atoms with van der Waals surface area (Å²) in [6, 6.07) is 8.01. The molecule has 0 saturated carbocycles. The lowest BCUT2D eigenvalue weighted by Gasteiger charge is -2.08. The molecule has 2 aromatic heterocycles. The van der Waals surface area contributed by atoms with Gasteiger partial charge in [0.05, 0.1) is 5.56 Å². The van der Waals surface area contributed by atoms with Crippen molar-refractivity contribution in [2.24, 2.45) is 0 Å². The number of aryl methyl sites for hydroxylation is 3. The Morgan fingerprint density at radius 3 is 2.96 bits per heavy atom. The molecule has 0 spiro atoms. The molecular formula is C20H21FN4O. The Morgan fingerprint density at radius 2 is 2.12 bits per heavy atom. The van der Waals surface area contributed by atoms with Gasteiger partial charge in [0.1, 0.15) is 17.2 Å². The highest BCUT2D eigenvalue weighted by atomic mass is 19.1. The molecular weight excluding hydrogens is 331 g/mol. The second kappa shape index (κ2) is 6.86. The van der Waals surface area contributed by atoms with Gasteiger partial charge in [0.25, 0.3) is 5.91 Å². The number of carbonyl (C=O) groups excluding carboxylic acids is 1. The fourth-order valence-corrected chi connectivity index (χ4v) is 3.51. The van der Waals surface area contributed by atoms with Gasteiger partial charge in [0.2, 0.25) is 0 Å². The van der Waals surface area contributed by atoms with E-state index in [2.05, 4.69) is 14.9 Å². The van der Waals surface area contributed by atoms with Crippen LogP contribution in [0.2, 0.25) is 0 Å². The van der Waals surface area contributed by atoms with E-state index in [0.717, 1.165) is 48.5 Å². The van der Waals surface area contributed by atoms with Crippen molar-refractivity contribution in [3.63, 3.8) is 0 Å². The van der Waals surface area contributed by atoms with Crippen molar-refractivity contribution in [3.8, 4) is 0 Å². The Bertz CT molecular complexity index is 979. The highest BCUT2D eigenvalue weighted by molar-refractivity contribution is 6.04. The van der Waals surface area contributed by atoms with Gasteiger partial charge in [-0.15, -0.1) is 0 Å². The van der Waals surface area contributed by atoms with Crippen LogP contribution in [-0.4, -0.2) is 20.4 Å². The zero-order valence-corrected chi connectivity index (χ0v) is 14.8. The van der Waals surface area contributed by atoms with Gasteiger partial charge in [0, 0.05) is 25.2 Å². The SMILES string of the molecule is Cc1cc(C(=O)NCc2cccc(F)c2)c2nc3n(c2n1)CCCCC3. The predicted octanol–water partition coefficient (Wildman–Crippen LogP) is 3.54. The first kappa shape index (κ1) is 16.7. The zero-order valence-electron chi connectivity index (χ0n) is 14.8. The van der Waals surface area contributed by atoms with Crippen LogP contribution in [0, 0.1) is 12.7 Å². The van der Waals surface area contributed by atoms with Crippen molar-refractivity contribution in [3.05, 3.63) is 58.8 Å². The zero-order chi connectivity index (χ0) is 18.1. The molecule has 1 N–H and O–H groups in total. The van der Waals surface area contributed by atoms with E-state index in [1.54, 1.807) is 18.2 Å². The second-order valence-corrected chi connectivity index (χ2v) is 6.79. The summed E-state index contributed by atoms with van der Waals surface area (Å²) in [5.41, 5.74) is 3.49. The average Bonchev–Trinajstić information content (AvgIpc) is 2.81. The van der Waals surface area contributed by atoms with Gasteiger partial charge in [-0.2, -0.15) is 0 Å². The normalized spacial score (nSPS) is 14.1. The van der Waals surface area contributed by atoms with Gasteiger partial charge >= 0.3 is 0 Å². The van der Waals surface area contributed by atoms with E-state index in [9.17, 15) is 9.18 Å². The summed E-state index contributed by atoms with van der Waals surface area (Å²) in [6.07, 6.45) is 4.33. The molecule has 0 aliphatic carbocycles. The molecule has 3 aromatic rings. The van der Waals surface area contributed by atoms with Gasteiger partial charge < -0.3 is 9.88 Å². The minimum absolute atomic E-state index is 0.210. The molecule has 1 aromatic carbocycles. The quantitative estimate of drug-likeness (QED) is 0.784. The van der Waals surface area contributed by atoms with E-state index < -0.39 is 0 Å². The summed E-state index contributed by atoms with van der Waals surface area (Å²) in [5.74, 6) is 0.490. The summed E-state index contributed by atoms with van der Waals surface area (Å²) in [5, 5.41) is 2.87. The monoisotopic (exact) mass is 352 g/mol. The number of carbonyl (C=O) groups is 1. The van der Waals surface area contributed by atoms with Crippen molar-refractivity contribution in [2.75, 3.05) is 0 Å². The number of benzene rings is 1. The highest BCUT2D eigenvalue weighted by Crippen LogP contribution is 2.24. The molecule has 26 heavy (non-hydrogen) atoms. The standard InChI is InChI=1S/C20H21FN4O/c1-13-10-16(20(26)22-12-14-6-5-7-15(21)11-14)18-19(23-13)25-9-4-2-3-8-17(25)24-18/h5-7,10-11H,2-4,8-9,12H2,1H3,(H,22,26). The Kier molecular flexibility index (Phi) is 4.41. The molecule has 0 radical (unpaired) electrons. The second-order valence-electron chi connectivity index (χ2n) is 6.79. The third-order valence-corrected chi connectivity index (χ3v) is 4.78. The number of hydrogen-bond acceptors (Lipinski definition) is 3. The van der Waals surface area contributed by atoms with Crippen molar-refractivity contribution in [1.29, 1.82) is 0 Å². The Hall–Kier alpha value is -2.76. The molecule has 0 atom stereocenters. The van der Waals surface area contributed by atoms with Crippen LogP contribution < -0.4 is 5.32 Å². The minimum Gasteiger partial charge on any atom is -0.348 e. The number of halogens is 1. The smallest absolute Gasteiger partial charge is 0.253 e. The van der Waals surface area contributed by atoms with Crippen molar-refractivity contribution in [2.45, 2.75) is 45.7 Å². The summed E-state index contributed by atoms with van der Waals surface area (Å²) in [7, 11) is 0. The number of aromatic nitrogens is 3. The maximum absolute atomic E-state index is 13.3. The summed E-state index contributed by atoms with van der Waals surface area (Å²) in [4.78, 5) is 22.1. The van der Waals surface area contributed by atoms with Gasteiger partial charge in [-0.3, -0.25) is 4.79 Å². The van der Waals surface area contributed by atoms with E-state index in [1.165, 1.54) is 18.6 Å². The van der Waals surface area contributed by atoms with Gasteiger partial charge in [-0.05, 0) is 43.5 Å².